The Labute approximate surface area is 79.8 Å². The van der Waals surface area contributed by atoms with Gasteiger partial charge in [-0.2, -0.15) is 5.10 Å². The van der Waals surface area contributed by atoms with E-state index < -0.39 is 12.0 Å². The number of nitrogens with one attached hydrogen (secondary N) is 3. The first-order valence-electron chi connectivity index (χ1n) is 3.96. The fraction of sp³-hybridized carbons (Fsp3) is 0.286. The van der Waals surface area contributed by atoms with Crippen molar-refractivity contribution in [1.82, 2.24) is 21.0 Å². The van der Waals surface area contributed by atoms with Crippen LogP contribution < -0.4 is 10.9 Å². The average molecular weight is 198 g/mol. The van der Waals surface area contributed by atoms with E-state index in [1.54, 1.807) is 6.92 Å². The average Bonchev–Trinajstić information content (AvgIpc) is 2.67. The lowest BCUT2D eigenvalue weighted by atomic mass is 10.4. The number of rotatable bonds is 2. The molecule has 0 saturated carbocycles. The number of H-pyrrole nitrogens is 1. The Kier molecular flexibility index (Phi) is 3.48. The highest BCUT2D eigenvalue weighted by molar-refractivity contribution is 5.92. The van der Waals surface area contributed by atoms with Crippen molar-refractivity contribution >= 4 is 12.0 Å². The summed E-state index contributed by atoms with van der Waals surface area (Å²) in [5.74, 6) is -0.490. The lowest BCUT2D eigenvalue weighted by Gasteiger charge is -2.05. The second kappa shape index (κ2) is 4.85. The smallest absolute Gasteiger partial charge is 0.426 e. The molecule has 0 unspecified atom stereocenters. The number of aromatic nitrogens is 2. The van der Waals surface area contributed by atoms with E-state index in [9.17, 15) is 9.59 Å². The number of carbonyl (C=O) groups is 2. The number of hydrazine groups is 1. The van der Waals surface area contributed by atoms with Crippen LogP contribution in [0.25, 0.3) is 0 Å². The first kappa shape index (κ1) is 10.0. The Hall–Kier alpha value is -2.05. The lowest BCUT2D eigenvalue weighted by molar-refractivity contribution is 0.0908. The van der Waals surface area contributed by atoms with Gasteiger partial charge in [0.2, 0.25) is 0 Å². The van der Waals surface area contributed by atoms with Crippen LogP contribution in [-0.2, 0) is 4.74 Å². The van der Waals surface area contributed by atoms with Crippen molar-refractivity contribution in [1.29, 1.82) is 0 Å². The van der Waals surface area contributed by atoms with Gasteiger partial charge in [0.15, 0.2) is 0 Å². The zero-order chi connectivity index (χ0) is 10.4. The van der Waals surface area contributed by atoms with E-state index in [1.165, 1.54) is 12.3 Å². The number of hydrogen-bond acceptors (Lipinski definition) is 4. The van der Waals surface area contributed by atoms with Gasteiger partial charge < -0.3 is 4.74 Å². The van der Waals surface area contributed by atoms with Crippen molar-refractivity contribution in [3.8, 4) is 0 Å². The van der Waals surface area contributed by atoms with Gasteiger partial charge in [-0.3, -0.25) is 15.3 Å². The van der Waals surface area contributed by atoms with E-state index in [-0.39, 0.29) is 12.3 Å². The third-order valence-electron chi connectivity index (χ3n) is 1.30. The molecule has 1 heterocycles. The normalized spacial score (nSPS) is 9.21. The molecule has 14 heavy (non-hydrogen) atoms. The van der Waals surface area contributed by atoms with Gasteiger partial charge in [0.1, 0.15) is 5.69 Å². The largest absolute Gasteiger partial charge is 0.449 e. The summed E-state index contributed by atoms with van der Waals surface area (Å²) in [5, 5.41) is 6.02. The van der Waals surface area contributed by atoms with Crippen LogP contribution in [0.1, 0.15) is 17.4 Å². The fourth-order valence-electron chi connectivity index (χ4n) is 0.725. The lowest BCUT2D eigenvalue weighted by Crippen LogP contribution is -2.42. The van der Waals surface area contributed by atoms with E-state index in [4.69, 9.17) is 0 Å². The maximum atomic E-state index is 11.2. The minimum Gasteiger partial charge on any atom is -0.449 e. The van der Waals surface area contributed by atoms with E-state index in [0.717, 1.165) is 0 Å². The van der Waals surface area contributed by atoms with Crippen LogP contribution >= 0.6 is 0 Å². The Balaban J connectivity index is 2.32. The van der Waals surface area contributed by atoms with Crippen LogP contribution in [0.2, 0.25) is 0 Å². The van der Waals surface area contributed by atoms with E-state index in [1.807, 2.05) is 0 Å². The molecule has 1 aromatic heterocycles. The van der Waals surface area contributed by atoms with Gasteiger partial charge >= 0.3 is 6.09 Å². The maximum absolute atomic E-state index is 11.2. The molecule has 0 bridgehead atoms. The summed E-state index contributed by atoms with van der Waals surface area (Å²) in [5.41, 5.74) is 4.45. The molecule has 0 spiro atoms. The van der Waals surface area contributed by atoms with E-state index in [2.05, 4.69) is 25.8 Å². The van der Waals surface area contributed by atoms with Crippen molar-refractivity contribution < 1.29 is 14.3 Å². The highest BCUT2D eigenvalue weighted by Gasteiger charge is 2.07. The molecule has 2 amide bonds. The van der Waals surface area contributed by atoms with Crippen LogP contribution in [0.3, 0.4) is 0 Å². The van der Waals surface area contributed by atoms with E-state index in [0.29, 0.717) is 0 Å². The third kappa shape index (κ3) is 2.77. The zero-order valence-corrected chi connectivity index (χ0v) is 7.53. The topological polar surface area (TPSA) is 96.1 Å². The molecule has 3 N–H and O–H groups in total. The summed E-state index contributed by atoms with van der Waals surface area (Å²) in [7, 11) is 0. The van der Waals surface area contributed by atoms with Gasteiger partial charge in [-0.25, -0.2) is 10.2 Å². The van der Waals surface area contributed by atoms with Crippen LogP contribution in [0.15, 0.2) is 12.3 Å². The van der Waals surface area contributed by atoms with Gasteiger partial charge in [-0.1, -0.05) is 0 Å². The number of aromatic amines is 1. The first-order valence-corrected chi connectivity index (χ1v) is 3.96. The molecule has 0 aliphatic rings. The van der Waals surface area contributed by atoms with Crippen molar-refractivity contribution in [2.45, 2.75) is 6.92 Å². The zero-order valence-electron chi connectivity index (χ0n) is 7.53. The van der Waals surface area contributed by atoms with E-state index >= 15 is 0 Å². The Morgan fingerprint density at radius 3 is 2.93 bits per heavy atom. The van der Waals surface area contributed by atoms with Crippen LogP contribution in [0.5, 0.6) is 0 Å². The van der Waals surface area contributed by atoms with Gasteiger partial charge in [-0.15, -0.1) is 0 Å². The summed E-state index contributed by atoms with van der Waals surface area (Å²) in [6.45, 7) is 1.90. The van der Waals surface area contributed by atoms with Gasteiger partial charge in [0.25, 0.3) is 5.91 Å². The van der Waals surface area contributed by atoms with Crippen molar-refractivity contribution in [2.75, 3.05) is 6.61 Å². The molecule has 0 aliphatic heterocycles. The summed E-state index contributed by atoms with van der Waals surface area (Å²) in [4.78, 5) is 21.9. The predicted molar refractivity (Wildman–Crippen MR) is 46.2 cm³/mol. The fourth-order valence-corrected chi connectivity index (χ4v) is 0.725. The monoisotopic (exact) mass is 198 g/mol. The molecule has 76 valence electrons. The molecule has 1 rings (SSSR count). The molecule has 0 atom stereocenters. The molecule has 7 heteroatoms. The van der Waals surface area contributed by atoms with Gasteiger partial charge in [0, 0.05) is 6.20 Å². The number of amides is 2. The third-order valence-corrected chi connectivity index (χ3v) is 1.30. The molecule has 0 saturated heterocycles. The molecule has 7 nitrogen and oxygen atoms in total. The quantitative estimate of drug-likeness (QED) is 0.573. The van der Waals surface area contributed by atoms with Gasteiger partial charge in [-0.05, 0) is 13.0 Å². The minimum atomic E-state index is -0.708. The van der Waals surface area contributed by atoms with Crippen LogP contribution in [-0.4, -0.2) is 28.8 Å². The second-order valence-electron chi connectivity index (χ2n) is 2.27. The van der Waals surface area contributed by atoms with Crippen molar-refractivity contribution in [3.05, 3.63) is 18.0 Å². The Morgan fingerprint density at radius 2 is 2.36 bits per heavy atom. The highest BCUT2D eigenvalue weighted by Crippen LogP contribution is 1.89. The van der Waals surface area contributed by atoms with Gasteiger partial charge in [0.05, 0.1) is 6.61 Å². The molecule has 0 radical (unpaired) electrons. The summed E-state index contributed by atoms with van der Waals surface area (Å²) >= 11 is 0. The highest BCUT2D eigenvalue weighted by atomic mass is 16.5. The first-order chi connectivity index (χ1) is 6.74. The second-order valence-corrected chi connectivity index (χ2v) is 2.27. The number of hydrogen-bond donors (Lipinski definition) is 3. The van der Waals surface area contributed by atoms with Crippen LogP contribution in [0.4, 0.5) is 4.79 Å². The maximum Gasteiger partial charge on any atom is 0.426 e. The molecular formula is C7H10N4O3. The number of carbonyl (C=O) groups excluding carboxylic acids is 2. The number of nitrogens with zero attached hydrogens (tertiary/aromatic N) is 1. The molecular weight excluding hydrogens is 188 g/mol. The minimum absolute atomic E-state index is 0.242. The molecule has 0 aliphatic carbocycles. The summed E-state index contributed by atoms with van der Waals surface area (Å²) < 4.78 is 4.52. The molecule has 0 fully saturated rings. The van der Waals surface area contributed by atoms with Crippen LogP contribution in [0, 0.1) is 0 Å². The summed E-state index contributed by atoms with van der Waals surface area (Å²) in [6.07, 6.45) is 0.722. The summed E-state index contributed by atoms with van der Waals surface area (Å²) in [6, 6.07) is 1.47. The Bertz CT molecular complexity index is 309. The molecule has 1 aromatic rings. The SMILES string of the molecule is CCOC(=O)NNC(=O)c1ccn[nH]1. The van der Waals surface area contributed by atoms with Crippen molar-refractivity contribution in [3.63, 3.8) is 0 Å². The Morgan fingerprint density at radius 1 is 1.57 bits per heavy atom. The standard InChI is InChI=1S/C7H10N4O3/c1-2-14-7(13)11-10-6(12)5-3-4-8-9-5/h3-4H,2H2,1H3,(H,8,9)(H,10,12)(H,11,13). The van der Waals surface area contributed by atoms with Crippen molar-refractivity contribution in [2.24, 2.45) is 0 Å². The number of ether oxygens (including phenoxy) is 1. The predicted octanol–water partition coefficient (Wildman–Crippen LogP) is -0.199. The molecule has 0 aromatic carbocycles.